The van der Waals surface area contributed by atoms with E-state index in [0.29, 0.717) is 17.2 Å². The van der Waals surface area contributed by atoms with Crippen LogP contribution in [0, 0.1) is 5.82 Å². The van der Waals surface area contributed by atoms with Crippen molar-refractivity contribution < 1.29 is 13.9 Å². The lowest BCUT2D eigenvalue weighted by atomic mass is 10.1. The number of halogens is 2. The lowest BCUT2D eigenvalue weighted by Gasteiger charge is -2.10. The first-order valence-corrected chi connectivity index (χ1v) is 5.50. The fraction of sp³-hybridized carbons (Fsp3) is 0.417. The number of hydrogen-bond donors (Lipinski definition) is 0. The molecular weight excluding hydrogens is 231 g/mol. The number of ketones is 1. The van der Waals surface area contributed by atoms with Crippen molar-refractivity contribution in [1.29, 1.82) is 0 Å². The number of Topliss-reactive ketones (excluding diaryl/α,β-unsaturated/α-hetero) is 1. The summed E-state index contributed by atoms with van der Waals surface area (Å²) in [6.45, 7) is 3.93. The molecule has 0 aromatic heterocycles. The van der Waals surface area contributed by atoms with E-state index in [1.807, 2.05) is 6.92 Å². The summed E-state index contributed by atoms with van der Waals surface area (Å²) in [5.41, 5.74) is 0.309. The van der Waals surface area contributed by atoms with Crippen molar-refractivity contribution in [2.45, 2.75) is 26.4 Å². The van der Waals surface area contributed by atoms with Gasteiger partial charge in [-0.05, 0) is 37.6 Å². The standard InChI is InChI=1S/C12H14ClFO2/c1-3-16-8(2)12(15)7-9-6-10(13)4-5-11(9)14/h4-6,8H,3,7H2,1-2H3. The van der Waals surface area contributed by atoms with Crippen molar-refractivity contribution in [3.63, 3.8) is 0 Å². The molecule has 0 saturated carbocycles. The van der Waals surface area contributed by atoms with E-state index < -0.39 is 11.9 Å². The fourth-order valence-electron chi connectivity index (χ4n) is 1.35. The second-order valence-electron chi connectivity index (χ2n) is 3.48. The van der Waals surface area contributed by atoms with E-state index in [9.17, 15) is 9.18 Å². The van der Waals surface area contributed by atoms with Crippen LogP contribution in [0.15, 0.2) is 18.2 Å². The average molecular weight is 245 g/mol. The summed E-state index contributed by atoms with van der Waals surface area (Å²) < 4.78 is 18.5. The molecule has 0 fully saturated rings. The van der Waals surface area contributed by atoms with E-state index in [1.165, 1.54) is 18.2 Å². The molecule has 16 heavy (non-hydrogen) atoms. The van der Waals surface area contributed by atoms with Crippen LogP contribution < -0.4 is 0 Å². The molecule has 2 nitrogen and oxygen atoms in total. The van der Waals surface area contributed by atoms with Crippen molar-refractivity contribution in [2.75, 3.05) is 6.61 Å². The molecule has 0 saturated heterocycles. The van der Waals surface area contributed by atoms with Gasteiger partial charge in [0.1, 0.15) is 11.9 Å². The van der Waals surface area contributed by atoms with Gasteiger partial charge in [-0.25, -0.2) is 4.39 Å². The molecule has 1 unspecified atom stereocenters. The maximum absolute atomic E-state index is 13.3. The number of carbonyl (C=O) groups excluding carboxylic acids is 1. The van der Waals surface area contributed by atoms with Crippen molar-refractivity contribution in [3.05, 3.63) is 34.6 Å². The van der Waals surface area contributed by atoms with E-state index in [1.54, 1.807) is 6.92 Å². The topological polar surface area (TPSA) is 26.3 Å². The van der Waals surface area contributed by atoms with Gasteiger partial charge in [0.05, 0.1) is 0 Å². The highest BCUT2D eigenvalue weighted by atomic mass is 35.5. The Kier molecular flexibility index (Phi) is 4.90. The Morgan fingerprint density at radius 3 is 2.88 bits per heavy atom. The lowest BCUT2D eigenvalue weighted by molar-refractivity contribution is -0.128. The van der Waals surface area contributed by atoms with Gasteiger partial charge in [-0.2, -0.15) is 0 Å². The Bertz CT molecular complexity index is 379. The highest BCUT2D eigenvalue weighted by Crippen LogP contribution is 2.16. The minimum Gasteiger partial charge on any atom is -0.371 e. The number of hydrogen-bond acceptors (Lipinski definition) is 2. The molecule has 0 bridgehead atoms. The third-order valence-electron chi connectivity index (χ3n) is 2.24. The summed E-state index contributed by atoms with van der Waals surface area (Å²) in [7, 11) is 0. The summed E-state index contributed by atoms with van der Waals surface area (Å²) in [6.07, 6.45) is -0.503. The average Bonchev–Trinajstić information content (AvgIpc) is 2.23. The first-order chi connectivity index (χ1) is 7.54. The Morgan fingerprint density at radius 2 is 2.25 bits per heavy atom. The zero-order chi connectivity index (χ0) is 12.1. The second-order valence-corrected chi connectivity index (χ2v) is 3.91. The van der Waals surface area contributed by atoms with E-state index in [0.717, 1.165) is 0 Å². The molecule has 0 spiro atoms. The van der Waals surface area contributed by atoms with Gasteiger partial charge in [-0.15, -0.1) is 0 Å². The van der Waals surface area contributed by atoms with Crippen molar-refractivity contribution in [3.8, 4) is 0 Å². The van der Waals surface area contributed by atoms with Crippen LogP contribution >= 0.6 is 11.6 Å². The molecular formula is C12H14ClFO2. The SMILES string of the molecule is CCOC(C)C(=O)Cc1cc(Cl)ccc1F. The van der Waals surface area contributed by atoms with Gasteiger partial charge in [-0.3, -0.25) is 4.79 Å². The van der Waals surface area contributed by atoms with Crippen molar-refractivity contribution in [2.24, 2.45) is 0 Å². The Hall–Kier alpha value is -0.930. The largest absolute Gasteiger partial charge is 0.371 e. The lowest BCUT2D eigenvalue weighted by Crippen LogP contribution is -2.22. The molecule has 0 amide bonds. The van der Waals surface area contributed by atoms with E-state index in [-0.39, 0.29) is 12.2 Å². The number of ether oxygens (including phenoxy) is 1. The first-order valence-electron chi connectivity index (χ1n) is 5.12. The summed E-state index contributed by atoms with van der Waals surface area (Å²) >= 11 is 5.73. The maximum Gasteiger partial charge on any atom is 0.165 e. The molecule has 0 aliphatic heterocycles. The zero-order valence-electron chi connectivity index (χ0n) is 9.30. The highest BCUT2D eigenvalue weighted by Gasteiger charge is 2.15. The molecule has 0 aliphatic rings. The minimum atomic E-state index is -0.511. The molecule has 0 aliphatic carbocycles. The molecule has 1 aromatic rings. The van der Waals surface area contributed by atoms with Gasteiger partial charge in [0, 0.05) is 18.1 Å². The Labute approximate surface area is 99.4 Å². The monoisotopic (exact) mass is 244 g/mol. The minimum absolute atomic E-state index is 0.00750. The van der Waals surface area contributed by atoms with Crippen LogP contribution in [-0.4, -0.2) is 18.5 Å². The molecule has 0 radical (unpaired) electrons. The summed E-state index contributed by atoms with van der Waals surface area (Å²) in [4.78, 5) is 11.6. The second kappa shape index (κ2) is 5.97. The van der Waals surface area contributed by atoms with E-state index in [2.05, 4.69) is 0 Å². The van der Waals surface area contributed by atoms with Gasteiger partial charge >= 0.3 is 0 Å². The summed E-state index contributed by atoms with van der Waals surface area (Å²) in [5.74, 6) is -0.565. The third-order valence-corrected chi connectivity index (χ3v) is 2.48. The maximum atomic E-state index is 13.3. The van der Waals surface area contributed by atoms with Crippen LogP contribution in [0.2, 0.25) is 5.02 Å². The van der Waals surface area contributed by atoms with E-state index >= 15 is 0 Å². The van der Waals surface area contributed by atoms with Crippen LogP contribution in [-0.2, 0) is 16.0 Å². The van der Waals surface area contributed by atoms with Crippen molar-refractivity contribution in [1.82, 2.24) is 0 Å². The molecule has 0 heterocycles. The quantitative estimate of drug-likeness (QED) is 0.796. The van der Waals surface area contributed by atoms with Gasteiger partial charge in [0.25, 0.3) is 0 Å². The molecule has 1 rings (SSSR count). The Balaban J connectivity index is 2.72. The van der Waals surface area contributed by atoms with Gasteiger partial charge < -0.3 is 4.74 Å². The van der Waals surface area contributed by atoms with Gasteiger partial charge in [-0.1, -0.05) is 11.6 Å². The number of rotatable bonds is 5. The predicted octanol–water partition coefficient (Wildman–Crippen LogP) is 3.02. The molecule has 4 heteroatoms. The van der Waals surface area contributed by atoms with Crippen LogP contribution in [0.5, 0.6) is 0 Å². The van der Waals surface area contributed by atoms with Crippen LogP contribution in [0.25, 0.3) is 0 Å². The van der Waals surface area contributed by atoms with Gasteiger partial charge in [0.2, 0.25) is 0 Å². The number of benzene rings is 1. The Morgan fingerprint density at radius 1 is 1.56 bits per heavy atom. The first kappa shape index (κ1) is 13.1. The summed E-state index contributed by atoms with van der Waals surface area (Å²) in [5, 5.41) is 0.424. The summed E-state index contributed by atoms with van der Waals surface area (Å²) in [6, 6.07) is 4.18. The molecule has 1 aromatic carbocycles. The molecule has 0 N–H and O–H groups in total. The van der Waals surface area contributed by atoms with Crippen molar-refractivity contribution >= 4 is 17.4 Å². The number of carbonyl (C=O) groups is 1. The van der Waals surface area contributed by atoms with Crippen LogP contribution in [0.1, 0.15) is 19.4 Å². The highest BCUT2D eigenvalue weighted by molar-refractivity contribution is 6.30. The fourth-order valence-corrected chi connectivity index (χ4v) is 1.55. The van der Waals surface area contributed by atoms with Crippen LogP contribution in [0.3, 0.4) is 0 Å². The van der Waals surface area contributed by atoms with Gasteiger partial charge in [0.15, 0.2) is 5.78 Å². The molecule has 88 valence electrons. The molecule has 1 atom stereocenters. The zero-order valence-corrected chi connectivity index (χ0v) is 10.1. The predicted molar refractivity (Wildman–Crippen MR) is 61.2 cm³/mol. The smallest absolute Gasteiger partial charge is 0.165 e. The van der Waals surface area contributed by atoms with Crippen LogP contribution in [0.4, 0.5) is 4.39 Å². The van der Waals surface area contributed by atoms with E-state index in [4.69, 9.17) is 16.3 Å². The third kappa shape index (κ3) is 3.58. The normalized spacial score (nSPS) is 12.5.